The quantitative estimate of drug-likeness (QED) is 0.583. The van der Waals surface area contributed by atoms with E-state index in [9.17, 15) is 8.78 Å². The molecular weight excluding hydrogens is 409 g/mol. The molecule has 6 heteroatoms. The Morgan fingerprint density at radius 2 is 1.50 bits per heavy atom. The molecule has 0 nitrogen and oxygen atoms in total. The second-order valence-electron chi connectivity index (χ2n) is 2.58. The molecule has 0 fully saturated rings. The van der Waals surface area contributed by atoms with Crippen LogP contribution in [0.3, 0.4) is 0 Å². The number of alkyl halides is 5. The lowest BCUT2D eigenvalue weighted by Gasteiger charge is -2.25. The molecule has 0 aliphatic carbocycles. The molecule has 0 aromatic heterocycles. The van der Waals surface area contributed by atoms with Gasteiger partial charge in [0.2, 0.25) is 4.58 Å². The van der Waals surface area contributed by atoms with Gasteiger partial charge in [0.25, 0.3) is 4.04 Å². The summed E-state index contributed by atoms with van der Waals surface area (Å²) in [6.45, 7) is 0. The van der Waals surface area contributed by atoms with Gasteiger partial charge in [0.15, 0.2) is 0 Å². The molecule has 0 unspecified atom stereocenters. The van der Waals surface area contributed by atoms with Gasteiger partial charge in [-0.3, -0.25) is 0 Å². The van der Waals surface area contributed by atoms with Crippen LogP contribution in [0.25, 0.3) is 0 Å². The van der Waals surface area contributed by atoms with Crippen molar-refractivity contribution in [1.29, 1.82) is 0 Å². The fourth-order valence-electron chi connectivity index (χ4n) is 0.823. The van der Waals surface area contributed by atoms with E-state index < -0.39 is 8.62 Å². The van der Waals surface area contributed by atoms with Crippen molar-refractivity contribution in [3.8, 4) is 0 Å². The Bertz CT molecular complexity index is 318. The van der Waals surface area contributed by atoms with Crippen LogP contribution in [-0.4, -0.2) is 4.04 Å². The molecule has 78 valence electrons. The summed E-state index contributed by atoms with van der Waals surface area (Å²) in [4.78, 5) is 0. The molecule has 0 bridgehead atoms. The van der Waals surface area contributed by atoms with Gasteiger partial charge in [-0.05, 0) is 44.0 Å². The van der Waals surface area contributed by atoms with Crippen molar-refractivity contribution < 1.29 is 8.78 Å². The zero-order valence-electron chi connectivity index (χ0n) is 6.58. The minimum absolute atomic E-state index is 0.0927. The first kappa shape index (κ1) is 12.9. The maximum Gasteiger partial charge on any atom is 0.285 e. The average Bonchev–Trinajstić information content (AvgIpc) is 2.03. The maximum atomic E-state index is 13.8. The van der Waals surface area contributed by atoms with E-state index in [1.165, 1.54) is 12.1 Å². The average molecular weight is 413 g/mol. The molecule has 0 N–H and O–H groups in total. The van der Waals surface area contributed by atoms with Gasteiger partial charge < -0.3 is 0 Å². The SMILES string of the molecule is F[C@@](Cl)(Br)[C@](F)(Br)c1ccc(Br)cc1. The van der Waals surface area contributed by atoms with Crippen molar-refractivity contribution in [2.45, 2.75) is 8.62 Å². The van der Waals surface area contributed by atoms with Gasteiger partial charge in [-0.25, -0.2) is 8.78 Å². The second kappa shape index (κ2) is 4.36. The molecule has 0 aliphatic rings. The minimum Gasteiger partial charge on any atom is -0.220 e. The fraction of sp³-hybridized carbons (Fsp3) is 0.250. The molecular formula is C8H4Br3ClF2. The monoisotopic (exact) mass is 410 g/mol. The number of hydrogen-bond donors (Lipinski definition) is 0. The molecule has 1 aromatic rings. The van der Waals surface area contributed by atoms with Crippen molar-refractivity contribution >= 4 is 59.4 Å². The zero-order valence-corrected chi connectivity index (χ0v) is 12.1. The summed E-state index contributed by atoms with van der Waals surface area (Å²) in [5.74, 6) is 0. The van der Waals surface area contributed by atoms with Gasteiger partial charge in [-0.2, -0.15) is 0 Å². The Morgan fingerprint density at radius 1 is 1.07 bits per heavy atom. The fourth-order valence-corrected chi connectivity index (χ4v) is 1.69. The van der Waals surface area contributed by atoms with Crippen molar-refractivity contribution in [2.24, 2.45) is 0 Å². The Kier molecular flexibility index (Phi) is 4.01. The summed E-state index contributed by atoms with van der Waals surface area (Å²) in [7, 11) is 0. The van der Waals surface area contributed by atoms with Crippen LogP contribution in [0.4, 0.5) is 8.78 Å². The molecule has 1 aromatic carbocycles. The smallest absolute Gasteiger partial charge is 0.220 e. The van der Waals surface area contributed by atoms with Crippen molar-refractivity contribution in [3.63, 3.8) is 0 Å². The first-order valence-corrected chi connectivity index (χ1v) is 6.21. The zero-order chi connectivity index (χ0) is 11.0. The van der Waals surface area contributed by atoms with Gasteiger partial charge >= 0.3 is 0 Å². The lowest BCUT2D eigenvalue weighted by molar-refractivity contribution is 0.183. The lowest BCUT2D eigenvalue weighted by atomic mass is 10.1. The topological polar surface area (TPSA) is 0 Å². The Morgan fingerprint density at radius 3 is 1.86 bits per heavy atom. The standard InChI is InChI=1S/C8H4Br3ClF2/c9-6-3-1-5(2-4-6)7(10,13)8(11,12)14/h1-4H/t7-,8+/m0/s1. The number of halogens is 6. The van der Waals surface area contributed by atoms with E-state index in [0.717, 1.165) is 4.47 Å². The van der Waals surface area contributed by atoms with Gasteiger partial charge in [-0.15, -0.1) is 0 Å². The molecule has 0 spiro atoms. The molecule has 14 heavy (non-hydrogen) atoms. The molecule has 0 radical (unpaired) electrons. The van der Waals surface area contributed by atoms with Crippen molar-refractivity contribution in [3.05, 3.63) is 34.3 Å². The summed E-state index contributed by atoms with van der Waals surface area (Å²) >= 11 is 13.4. The van der Waals surface area contributed by atoms with Crippen LogP contribution in [-0.2, 0) is 4.58 Å². The molecule has 1 rings (SSSR count). The molecule has 0 aliphatic heterocycles. The Hall–Kier alpha value is 0.810. The van der Waals surface area contributed by atoms with Crippen LogP contribution in [0.1, 0.15) is 5.56 Å². The van der Waals surface area contributed by atoms with E-state index in [0.29, 0.717) is 0 Å². The first-order valence-electron chi connectivity index (χ1n) is 3.46. The van der Waals surface area contributed by atoms with Crippen LogP contribution in [0.2, 0.25) is 0 Å². The molecule has 0 saturated heterocycles. The minimum atomic E-state index is -2.69. The van der Waals surface area contributed by atoms with Crippen molar-refractivity contribution in [2.75, 3.05) is 0 Å². The van der Waals surface area contributed by atoms with E-state index in [1.54, 1.807) is 12.1 Å². The molecule has 0 heterocycles. The van der Waals surface area contributed by atoms with Crippen LogP contribution < -0.4 is 0 Å². The van der Waals surface area contributed by atoms with Gasteiger partial charge in [0, 0.05) is 10.0 Å². The number of rotatable bonds is 2. The van der Waals surface area contributed by atoms with Gasteiger partial charge in [0.1, 0.15) is 0 Å². The van der Waals surface area contributed by atoms with Gasteiger partial charge in [-0.1, -0.05) is 39.7 Å². The van der Waals surface area contributed by atoms with E-state index in [-0.39, 0.29) is 5.56 Å². The van der Waals surface area contributed by atoms with E-state index in [2.05, 4.69) is 47.8 Å². The number of hydrogen-bond acceptors (Lipinski definition) is 0. The highest BCUT2D eigenvalue weighted by Gasteiger charge is 2.50. The van der Waals surface area contributed by atoms with E-state index in [1.807, 2.05) is 0 Å². The molecule has 0 saturated carbocycles. The van der Waals surface area contributed by atoms with Crippen LogP contribution >= 0.6 is 59.4 Å². The Balaban J connectivity index is 3.10. The molecule has 0 amide bonds. The van der Waals surface area contributed by atoms with E-state index in [4.69, 9.17) is 11.6 Å². The highest BCUT2D eigenvalue weighted by Crippen LogP contribution is 2.51. The van der Waals surface area contributed by atoms with Crippen molar-refractivity contribution in [1.82, 2.24) is 0 Å². The van der Waals surface area contributed by atoms with Crippen LogP contribution in [0, 0.1) is 0 Å². The lowest BCUT2D eigenvalue weighted by Crippen LogP contribution is -2.29. The van der Waals surface area contributed by atoms with E-state index >= 15 is 0 Å². The summed E-state index contributed by atoms with van der Waals surface area (Å²) in [6, 6.07) is 6.05. The van der Waals surface area contributed by atoms with Crippen LogP contribution in [0.5, 0.6) is 0 Å². The third kappa shape index (κ3) is 2.68. The largest absolute Gasteiger partial charge is 0.285 e. The highest BCUT2D eigenvalue weighted by molar-refractivity contribution is 9.13. The summed E-state index contributed by atoms with van der Waals surface area (Å²) < 4.78 is 22.6. The first-order chi connectivity index (χ1) is 6.25. The van der Waals surface area contributed by atoms with Gasteiger partial charge in [0.05, 0.1) is 0 Å². The predicted molar refractivity (Wildman–Crippen MR) is 64.5 cm³/mol. The summed E-state index contributed by atoms with van der Waals surface area (Å²) in [5.41, 5.74) is 0.0927. The van der Waals surface area contributed by atoms with Crippen LogP contribution in [0.15, 0.2) is 28.7 Å². The number of benzene rings is 1. The Labute approximate surface area is 110 Å². The summed E-state index contributed by atoms with van der Waals surface area (Å²) in [5, 5.41) is 0. The normalized spacial score (nSPS) is 19.9. The molecule has 2 atom stereocenters. The second-order valence-corrected chi connectivity index (χ2v) is 6.66. The summed E-state index contributed by atoms with van der Waals surface area (Å²) in [6.07, 6.45) is 0. The third-order valence-corrected chi connectivity index (χ3v) is 4.66. The maximum absolute atomic E-state index is 13.8. The predicted octanol–water partition coefficient (Wildman–Crippen LogP) is 5.22. The third-order valence-electron chi connectivity index (χ3n) is 1.56. The highest BCUT2D eigenvalue weighted by atomic mass is 79.9.